The highest BCUT2D eigenvalue weighted by Crippen LogP contribution is 2.29. The molecule has 0 aliphatic rings. The molecule has 0 spiro atoms. The molecular weight excluding hydrogens is 364 g/mol. The smallest absolute Gasteiger partial charge is 0.357 e. The molecule has 2 heterocycles. The van der Waals surface area contributed by atoms with Crippen LogP contribution in [-0.4, -0.2) is 21.7 Å². The van der Waals surface area contributed by atoms with Crippen molar-refractivity contribution in [3.8, 4) is 0 Å². The first-order chi connectivity index (χ1) is 14.2. The number of benzene rings is 2. The Labute approximate surface area is 168 Å². The number of rotatable bonds is 6. The fourth-order valence-corrected chi connectivity index (χ4v) is 3.41. The molecule has 5 nitrogen and oxygen atoms in total. The van der Waals surface area contributed by atoms with Crippen molar-refractivity contribution in [3.05, 3.63) is 102 Å². The van der Waals surface area contributed by atoms with E-state index in [2.05, 4.69) is 16.9 Å². The van der Waals surface area contributed by atoms with Crippen LogP contribution in [0.3, 0.4) is 0 Å². The number of aromatic amines is 1. The van der Waals surface area contributed by atoms with Crippen molar-refractivity contribution in [1.29, 1.82) is 0 Å². The third-order valence-electron chi connectivity index (χ3n) is 4.89. The predicted molar refractivity (Wildman–Crippen MR) is 111 cm³/mol. The summed E-state index contributed by atoms with van der Waals surface area (Å²) >= 11 is 0. The molecule has 2 aromatic heterocycles. The maximum atomic E-state index is 13.5. The zero-order valence-corrected chi connectivity index (χ0v) is 16.0. The van der Waals surface area contributed by atoms with Gasteiger partial charge < -0.3 is 9.72 Å². The van der Waals surface area contributed by atoms with E-state index in [1.54, 1.807) is 36.5 Å². The molecule has 144 valence electrons. The summed E-state index contributed by atoms with van der Waals surface area (Å²) in [6.45, 7) is 2.07. The van der Waals surface area contributed by atoms with Crippen LogP contribution in [0.1, 0.15) is 45.0 Å². The minimum atomic E-state index is -1.06. The zero-order chi connectivity index (χ0) is 20.2. The highest BCUT2D eigenvalue weighted by molar-refractivity contribution is 6.11. The lowest BCUT2D eigenvalue weighted by atomic mass is 9.98. The number of Topliss-reactive ketones (excluding diaryl/α,β-unsaturated/α-hetero) is 1. The number of fused-ring (bicyclic) bond motifs is 1. The first-order valence-electron chi connectivity index (χ1n) is 9.49. The number of aryl methyl sites for hydroxylation is 1. The Morgan fingerprint density at radius 2 is 1.79 bits per heavy atom. The number of carbonyl (C=O) groups is 2. The van der Waals surface area contributed by atoms with E-state index in [0.717, 1.165) is 22.9 Å². The van der Waals surface area contributed by atoms with E-state index in [0.29, 0.717) is 11.1 Å². The molecule has 1 atom stereocenters. The maximum absolute atomic E-state index is 13.5. The van der Waals surface area contributed by atoms with Gasteiger partial charge in [0.2, 0.25) is 5.78 Å². The van der Waals surface area contributed by atoms with Crippen molar-refractivity contribution in [2.75, 3.05) is 0 Å². The lowest BCUT2D eigenvalue weighted by Crippen LogP contribution is -2.20. The molecule has 0 unspecified atom stereocenters. The van der Waals surface area contributed by atoms with E-state index < -0.39 is 12.1 Å². The van der Waals surface area contributed by atoms with Crippen LogP contribution in [0.2, 0.25) is 0 Å². The number of esters is 1. The fraction of sp³-hybridized carbons (Fsp3) is 0.125. The van der Waals surface area contributed by atoms with Crippen molar-refractivity contribution in [2.24, 2.45) is 0 Å². The van der Waals surface area contributed by atoms with Gasteiger partial charge in [0.1, 0.15) is 5.69 Å². The van der Waals surface area contributed by atoms with Gasteiger partial charge in [0.05, 0.1) is 0 Å². The number of nitrogens with zero attached hydrogens (tertiary/aromatic N) is 1. The SMILES string of the molecule is CCc1cccc2c(C(=O)[C@@H](OC(=O)c3ccccn3)c3ccccc3)c[nH]c12. The number of aromatic nitrogens is 2. The molecule has 4 rings (SSSR count). The van der Waals surface area contributed by atoms with E-state index in [-0.39, 0.29) is 11.5 Å². The Morgan fingerprint density at radius 3 is 2.52 bits per heavy atom. The van der Waals surface area contributed by atoms with E-state index in [4.69, 9.17) is 4.74 Å². The number of H-pyrrole nitrogens is 1. The van der Waals surface area contributed by atoms with E-state index in [1.165, 1.54) is 6.20 Å². The Bertz CT molecular complexity index is 1150. The van der Waals surface area contributed by atoms with Gasteiger partial charge >= 0.3 is 5.97 Å². The number of para-hydroxylation sites is 1. The van der Waals surface area contributed by atoms with Crippen molar-refractivity contribution in [1.82, 2.24) is 9.97 Å². The van der Waals surface area contributed by atoms with Crippen LogP contribution in [-0.2, 0) is 11.2 Å². The lowest BCUT2D eigenvalue weighted by molar-refractivity contribution is 0.0275. The summed E-state index contributed by atoms with van der Waals surface area (Å²) in [5.41, 5.74) is 3.33. The van der Waals surface area contributed by atoms with E-state index in [9.17, 15) is 9.59 Å². The minimum absolute atomic E-state index is 0.161. The predicted octanol–water partition coefficient (Wildman–Crippen LogP) is 4.91. The number of nitrogens with one attached hydrogen (secondary N) is 1. The van der Waals surface area contributed by atoms with E-state index in [1.807, 2.05) is 36.4 Å². The third-order valence-corrected chi connectivity index (χ3v) is 4.89. The Balaban J connectivity index is 1.74. The topological polar surface area (TPSA) is 72.1 Å². The third kappa shape index (κ3) is 3.67. The molecule has 2 aromatic carbocycles. The normalized spacial score (nSPS) is 11.9. The van der Waals surface area contributed by atoms with Gasteiger partial charge in [-0.1, -0.05) is 61.5 Å². The molecule has 5 heteroatoms. The first kappa shape index (κ1) is 18.6. The minimum Gasteiger partial charge on any atom is -0.444 e. The van der Waals surface area contributed by atoms with Crippen molar-refractivity contribution >= 4 is 22.7 Å². The van der Waals surface area contributed by atoms with Gasteiger partial charge in [0.15, 0.2) is 6.10 Å². The van der Waals surface area contributed by atoms with Gasteiger partial charge in [0, 0.05) is 34.4 Å². The highest BCUT2D eigenvalue weighted by atomic mass is 16.5. The monoisotopic (exact) mass is 384 g/mol. The summed E-state index contributed by atoms with van der Waals surface area (Å²) in [6.07, 6.45) is 3.00. The van der Waals surface area contributed by atoms with Gasteiger partial charge in [-0.25, -0.2) is 9.78 Å². The highest BCUT2D eigenvalue weighted by Gasteiger charge is 2.29. The molecule has 0 aliphatic heterocycles. The summed E-state index contributed by atoms with van der Waals surface area (Å²) in [5, 5.41) is 0.823. The molecule has 0 fully saturated rings. The summed E-state index contributed by atoms with van der Waals surface area (Å²) in [6, 6.07) is 19.9. The van der Waals surface area contributed by atoms with Gasteiger partial charge in [-0.05, 0) is 24.1 Å². The van der Waals surface area contributed by atoms with Crippen molar-refractivity contribution < 1.29 is 14.3 Å². The van der Waals surface area contributed by atoms with Gasteiger partial charge in [-0.2, -0.15) is 0 Å². The second kappa shape index (κ2) is 8.10. The Morgan fingerprint density at radius 1 is 1.00 bits per heavy atom. The molecule has 0 saturated carbocycles. The summed E-state index contributed by atoms with van der Waals surface area (Å²) in [4.78, 5) is 33.3. The Kier molecular flexibility index (Phi) is 5.20. The zero-order valence-electron chi connectivity index (χ0n) is 16.0. The van der Waals surface area contributed by atoms with Crippen LogP contribution < -0.4 is 0 Å². The lowest BCUT2D eigenvalue weighted by Gasteiger charge is -2.17. The average Bonchev–Trinajstić information content (AvgIpc) is 3.22. The number of hydrogen-bond donors (Lipinski definition) is 1. The Hall–Kier alpha value is -3.73. The molecule has 1 N–H and O–H groups in total. The van der Waals surface area contributed by atoms with Crippen LogP contribution in [0.5, 0.6) is 0 Å². The molecule has 0 radical (unpaired) electrons. The molecular formula is C24H20N2O3. The second-order valence-corrected chi connectivity index (χ2v) is 6.67. The van der Waals surface area contributed by atoms with Crippen LogP contribution in [0.4, 0.5) is 0 Å². The molecule has 4 aromatic rings. The largest absolute Gasteiger partial charge is 0.444 e. The van der Waals surface area contributed by atoms with Gasteiger partial charge in [-0.3, -0.25) is 4.79 Å². The second-order valence-electron chi connectivity index (χ2n) is 6.67. The number of ether oxygens (including phenoxy) is 1. The summed E-state index contributed by atoms with van der Waals surface area (Å²) in [7, 11) is 0. The number of hydrogen-bond acceptors (Lipinski definition) is 4. The number of ketones is 1. The molecule has 0 saturated heterocycles. The molecule has 0 bridgehead atoms. The van der Waals surface area contributed by atoms with Crippen LogP contribution in [0.25, 0.3) is 10.9 Å². The standard InChI is InChI=1S/C24H20N2O3/c1-2-16-11-8-12-18-19(15-26-21(16)18)22(27)23(17-9-4-3-5-10-17)29-24(28)20-13-6-7-14-25-20/h3-15,23,26H,2H2,1H3/t23-/m0/s1. The van der Waals surface area contributed by atoms with Crippen LogP contribution >= 0.6 is 0 Å². The van der Waals surface area contributed by atoms with Crippen molar-refractivity contribution in [3.63, 3.8) is 0 Å². The molecule has 29 heavy (non-hydrogen) atoms. The van der Waals surface area contributed by atoms with Crippen molar-refractivity contribution in [2.45, 2.75) is 19.4 Å². The molecule has 0 amide bonds. The number of carbonyl (C=O) groups excluding carboxylic acids is 2. The van der Waals surface area contributed by atoms with E-state index >= 15 is 0 Å². The first-order valence-corrected chi connectivity index (χ1v) is 9.49. The van der Waals surface area contributed by atoms with Gasteiger partial charge in [-0.15, -0.1) is 0 Å². The number of pyridine rings is 1. The van der Waals surface area contributed by atoms with Crippen LogP contribution in [0.15, 0.2) is 79.1 Å². The summed E-state index contributed by atoms with van der Waals surface area (Å²) in [5.74, 6) is -0.915. The maximum Gasteiger partial charge on any atom is 0.357 e. The fourth-order valence-electron chi connectivity index (χ4n) is 3.41. The van der Waals surface area contributed by atoms with Crippen LogP contribution in [0, 0.1) is 0 Å². The summed E-state index contributed by atoms with van der Waals surface area (Å²) < 4.78 is 5.65. The van der Waals surface area contributed by atoms with Gasteiger partial charge in [0.25, 0.3) is 0 Å². The average molecular weight is 384 g/mol. The quantitative estimate of drug-likeness (QED) is 0.379. The molecule has 0 aliphatic carbocycles.